The van der Waals surface area contributed by atoms with Crippen LogP contribution in [0.25, 0.3) is 0 Å². The molecule has 0 heterocycles. The lowest BCUT2D eigenvalue weighted by Crippen LogP contribution is -2.46. The number of carboxylic acid groups (broad SMARTS) is 1. The number of carbonyl (C=O) groups is 2. The summed E-state index contributed by atoms with van der Waals surface area (Å²) in [6, 6.07) is 7.17. The molecule has 1 aromatic carbocycles. The lowest BCUT2D eigenvalue weighted by atomic mass is 10.2. The molecule has 0 radical (unpaired) electrons. The molecule has 1 rings (SSSR count). The first kappa shape index (κ1) is 16.0. The van der Waals surface area contributed by atoms with Crippen LogP contribution in [-0.4, -0.2) is 40.6 Å². The van der Waals surface area contributed by atoms with Crippen molar-refractivity contribution >= 4 is 11.9 Å². The molecule has 1 unspecified atom stereocenters. The van der Waals surface area contributed by atoms with Gasteiger partial charge in [0.1, 0.15) is 12.3 Å². The number of benzene rings is 1. The van der Waals surface area contributed by atoms with E-state index in [-0.39, 0.29) is 18.5 Å². The van der Waals surface area contributed by atoms with Crippen molar-refractivity contribution in [1.29, 1.82) is 0 Å². The summed E-state index contributed by atoms with van der Waals surface area (Å²) in [5, 5.41) is 8.85. The Kier molecular flexibility index (Phi) is 5.55. The summed E-state index contributed by atoms with van der Waals surface area (Å²) in [5.74, 6) is -0.770. The number of ether oxygens (including phenoxy) is 1. The fourth-order valence-electron chi connectivity index (χ4n) is 1.77. The first-order valence-corrected chi connectivity index (χ1v) is 6.57. The van der Waals surface area contributed by atoms with E-state index in [4.69, 9.17) is 9.84 Å². The molecule has 0 aliphatic carbocycles. The number of aryl methyl sites for hydroxylation is 1. The minimum atomic E-state index is -1.03. The molecule has 0 saturated carbocycles. The average molecular weight is 279 g/mol. The summed E-state index contributed by atoms with van der Waals surface area (Å²) in [7, 11) is 0. The van der Waals surface area contributed by atoms with Gasteiger partial charge >= 0.3 is 5.97 Å². The lowest BCUT2D eigenvalue weighted by molar-refractivity contribution is -0.149. The highest BCUT2D eigenvalue weighted by atomic mass is 16.5. The third kappa shape index (κ3) is 4.57. The zero-order valence-electron chi connectivity index (χ0n) is 12.3. The van der Waals surface area contributed by atoms with Crippen LogP contribution < -0.4 is 4.74 Å². The minimum Gasteiger partial charge on any atom is -0.481 e. The largest absolute Gasteiger partial charge is 0.481 e. The van der Waals surface area contributed by atoms with Crippen LogP contribution >= 0.6 is 0 Å². The molecule has 1 atom stereocenters. The van der Waals surface area contributed by atoms with E-state index in [2.05, 4.69) is 0 Å². The molecule has 20 heavy (non-hydrogen) atoms. The molecule has 1 aromatic rings. The Balaban J connectivity index is 2.73. The summed E-state index contributed by atoms with van der Waals surface area (Å²) in [6.45, 7) is 6.82. The molecule has 1 N–H and O–H groups in total. The van der Waals surface area contributed by atoms with Gasteiger partial charge in [0.2, 0.25) is 0 Å². The van der Waals surface area contributed by atoms with Crippen LogP contribution in [0.4, 0.5) is 0 Å². The maximum atomic E-state index is 12.2. The van der Waals surface area contributed by atoms with Gasteiger partial charge in [-0.3, -0.25) is 9.59 Å². The van der Waals surface area contributed by atoms with E-state index in [0.717, 1.165) is 5.56 Å². The van der Waals surface area contributed by atoms with Gasteiger partial charge in [-0.05, 0) is 39.8 Å². The number of hydrogen-bond donors (Lipinski definition) is 1. The van der Waals surface area contributed by atoms with Crippen molar-refractivity contribution in [3.8, 4) is 5.75 Å². The molecule has 5 heteroatoms. The second-order valence-corrected chi connectivity index (χ2v) is 5.03. The minimum absolute atomic E-state index is 0.192. The molecule has 0 aromatic heterocycles. The van der Waals surface area contributed by atoms with Gasteiger partial charge < -0.3 is 14.7 Å². The topological polar surface area (TPSA) is 66.8 Å². The SMILES string of the molecule is Cc1ccc(OC(C)C(=O)N(CC(=O)O)C(C)C)cc1. The van der Waals surface area contributed by atoms with Crippen LogP contribution in [0, 0.1) is 6.92 Å². The number of carboxylic acids is 1. The maximum absolute atomic E-state index is 12.2. The van der Waals surface area contributed by atoms with Gasteiger partial charge in [-0.25, -0.2) is 0 Å². The summed E-state index contributed by atoms with van der Waals surface area (Å²) in [5.41, 5.74) is 1.10. The van der Waals surface area contributed by atoms with Gasteiger partial charge in [-0.15, -0.1) is 0 Å². The summed E-state index contributed by atoms with van der Waals surface area (Å²) in [6.07, 6.45) is -0.723. The van der Waals surface area contributed by atoms with E-state index in [9.17, 15) is 9.59 Å². The smallest absolute Gasteiger partial charge is 0.323 e. The van der Waals surface area contributed by atoms with Crippen molar-refractivity contribution < 1.29 is 19.4 Å². The van der Waals surface area contributed by atoms with Gasteiger partial charge in [-0.1, -0.05) is 17.7 Å². The van der Waals surface area contributed by atoms with E-state index >= 15 is 0 Å². The molecule has 5 nitrogen and oxygen atoms in total. The maximum Gasteiger partial charge on any atom is 0.323 e. The van der Waals surface area contributed by atoms with Gasteiger partial charge in [-0.2, -0.15) is 0 Å². The normalized spacial score (nSPS) is 12.1. The van der Waals surface area contributed by atoms with E-state index in [1.54, 1.807) is 32.9 Å². The predicted octanol–water partition coefficient (Wildman–Crippen LogP) is 2.08. The first-order valence-electron chi connectivity index (χ1n) is 6.57. The molecule has 110 valence electrons. The van der Waals surface area contributed by atoms with Crippen molar-refractivity contribution in [2.75, 3.05) is 6.54 Å². The van der Waals surface area contributed by atoms with Crippen LogP contribution in [0.2, 0.25) is 0 Å². The number of rotatable bonds is 6. The van der Waals surface area contributed by atoms with Crippen LogP contribution in [0.5, 0.6) is 5.75 Å². The number of carbonyl (C=O) groups excluding carboxylic acids is 1. The molecular formula is C15H21NO4. The van der Waals surface area contributed by atoms with Gasteiger partial charge in [0.25, 0.3) is 5.91 Å². The fraction of sp³-hybridized carbons (Fsp3) is 0.467. The Morgan fingerprint density at radius 2 is 1.75 bits per heavy atom. The second kappa shape index (κ2) is 6.93. The Morgan fingerprint density at radius 1 is 1.20 bits per heavy atom. The number of nitrogens with zero attached hydrogens (tertiary/aromatic N) is 1. The average Bonchev–Trinajstić information content (AvgIpc) is 2.37. The molecule has 0 spiro atoms. The first-order chi connectivity index (χ1) is 9.31. The Labute approximate surface area is 119 Å². The standard InChI is InChI=1S/C15H21NO4/c1-10(2)16(9-14(17)18)15(19)12(4)20-13-7-5-11(3)6-8-13/h5-8,10,12H,9H2,1-4H3,(H,17,18). The fourth-order valence-corrected chi connectivity index (χ4v) is 1.77. The predicted molar refractivity (Wildman–Crippen MR) is 75.8 cm³/mol. The molecule has 0 fully saturated rings. The zero-order chi connectivity index (χ0) is 15.3. The summed E-state index contributed by atoms with van der Waals surface area (Å²) in [4.78, 5) is 24.3. The van der Waals surface area contributed by atoms with Crippen LogP contribution in [0.3, 0.4) is 0 Å². The Morgan fingerprint density at radius 3 is 2.20 bits per heavy atom. The molecule has 0 aliphatic heterocycles. The highest BCUT2D eigenvalue weighted by molar-refractivity contribution is 5.84. The van der Waals surface area contributed by atoms with Crippen molar-refractivity contribution in [1.82, 2.24) is 4.90 Å². The van der Waals surface area contributed by atoms with Crippen molar-refractivity contribution in [2.45, 2.75) is 39.8 Å². The van der Waals surface area contributed by atoms with Crippen molar-refractivity contribution in [3.63, 3.8) is 0 Å². The van der Waals surface area contributed by atoms with Crippen LogP contribution in [0.15, 0.2) is 24.3 Å². The molecule has 0 aliphatic rings. The number of aliphatic carboxylic acids is 1. The highest BCUT2D eigenvalue weighted by Crippen LogP contribution is 2.15. The third-order valence-electron chi connectivity index (χ3n) is 2.89. The van der Waals surface area contributed by atoms with E-state index in [0.29, 0.717) is 5.75 Å². The Hall–Kier alpha value is -2.04. The number of amides is 1. The van der Waals surface area contributed by atoms with Crippen molar-refractivity contribution in [2.24, 2.45) is 0 Å². The molecule has 0 bridgehead atoms. The molecule has 1 amide bonds. The summed E-state index contributed by atoms with van der Waals surface area (Å²) < 4.78 is 5.56. The third-order valence-corrected chi connectivity index (χ3v) is 2.89. The Bertz CT molecular complexity index is 467. The van der Waals surface area contributed by atoms with Gasteiger partial charge in [0.15, 0.2) is 6.10 Å². The summed E-state index contributed by atoms with van der Waals surface area (Å²) >= 11 is 0. The van der Waals surface area contributed by atoms with Gasteiger partial charge in [0, 0.05) is 6.04 Å². The van der Waals surface area contributed by atoms with E-state index < -0.39 is 12.1 Å². The molecule has 0 saturated heterocycles. The zero-order valence-corrected chi connectivity index (χ0v) is 12.3. The van der Waals surface area contributed by atoms with Gasteiger partial charge in [0.05, 0.1) is 0 Å². The number of hydrogen-bond acceptors (Lipinski definition) is 3. The molecular weight excluding hydrogens is 258 g/mol. The van der Waals surface area contributed by atoms with Crippen LogP contribution in [-0.2, 0) is 9.59 Å². The van der Waals surface area contributed by atoms with E-state index in [1.165, 1.54) is 4.90 Å². The van der Waals surface area contributed by atoms with E-state index in [1.807, 2.05) is 19.1 Å². The highest BCUT2D eigenvalue weighted by Gasteiger charge is 2.25. The quantitative estimate of drug-likeness (QED) is 0.865. The monoisotopic (exact) mass is 279 g/mol. The van der Waals surface area contributed by atoms with Crippen LogP contribution in [0.1, 0.15) is 26.3 Å². The van der Waals surface area contributed by atoms with Crippen molar-refractivity contribution in [3.05, 3.63) is 29.8 Å². The lowest BCUT2D eigenvalue weighted by Gasteiger charge is -2.28. The second-order valence-electron chi connectivity index (χ2n) is 5.03.